The van der Waals surface area contributed by atoms with Gasteiger partial charge in [-0.3, -0.25) is 14.6 Å². The molecule has 14 heteroatoms. The van der Waals surface area contributed by atoms with Gasteiger partial charge < -0.3 is 24.4 Å². The van der Waals surface area contributed by atoms with Gasteiger partial charge in [0.15, 0.2) is 5.82 Å². The fourth-order valence-corrected chi connectivity index (χ4v) is 8.45. The molecule has 2 aliphatic carbocycles. The number of esters is 1. The first-order valence-electron chi connectivity index (χ1n) is 18.2. The number of carbonyl (C=O) groups excluding carboxylic acids is 4. The molecule has 52 heavy (non-hydrogen) atoms. The van der Waals surface area contributed by atoms with Crippen molar-refractivity contribution in [3.63, 3.8) is 0 Å². The number of nitrogens with zero attached hydrogens (tertiary/aromatic N) is 5. The molecule has 2 saturated carbocycles. The van der Waals surface area contributed by atoms with Gasteiger partial charge in [0.25, 0.3) is 0 Å². The molecule has 1 N–H and O–H groups in total. The van der Waals surface area contributed by atoms with E-state index in [4.69, 9.17) is 24.2 Å². The summed E-state index contributed by atoms with van der Waals surface area (Å²) >= 11 is 1.46. The summed E-state index contributed by atoms with van der Waals surface area (Å²) in [6.07, 6.45) is 13.5. The van der Waals surface area contributed by atoms with Crippen molar-refractivity contribution in [3.05, 3.63) is 47.5 Å². The Kier molecular flexibility index (Phi) is 10.6. The van der Waals surface area contributed by atoms with Crippen LogP contribution in [0.2, 0.25) is 0 Å². The van der Waals surface area contributed by atoms with Crippen LogP contribution in [0.25, 0.3) is 21.7 Å². The number of pyridine rings is 1. The second-order valence-electron chi connectivity index (χ2n) is 14.1. The third-order valence-corrected chi connectivity index (χ3v) is 11.6. The summed E-state index contributed by atoms with van der Waals surface area (Å²) in [6.45, 7) is 2.05. The van der Waals surface area contributed by atoms with E-state index < -0.39 is 41.6 Å². The van der Waals surface area contributed by atoms with Crippen LogP contribution in [0.3, 0.4) is 0 Å². The molecule has 3 aromatic heterocycles. The minimum Gasteiger partial charge on any atom is -0.471 e. The van der Waals surface area contributed by atoms with Crippen LogP contribution in [0.5, 0.6) is 5.88 Å². The molecule has 0 radical (unpaired) electrons. The third kappa shape index (κ3) is 7.57. The average molecular weight is 729 g/mol. The van der Waals surface area contributed by atoms with Crippen molar-refractivity contribution in [2.45, 2.75) is 101 Å². The molecule has 5 atom stereocenters. The number of methoxy groups -OCH3 is 1. The number of hydrogen-bond donors (Lipinski definition) is 1. The Morgan fingerprint density at radius 1 is 1.08 bits per heavy atom. The summed E-state index contributed by atoms with van der Waals surface area (Å²) in [5.41, 5.74) is 1.09. The van der Waals surface area contributed by atoms with Gasteiger partial charge in [-0.2, -0.15) is 9.98 Å². The molecule has 274 valence electrons. The van der Waals surface area contributed by atoms with Crippen molar-refractivity contribution in [1.29, 1.82) is 0 Å². The Balaban J connectivity index is 1.19. The molecule has 7 rings (SSSR count). The molecule has 4 aliphatic rings. The highest BCUT2D eigenvalue weighted by Crippen LogP contribution is 2.46. The lowest BCUT2D eigenvalue weighted by molar-refractivity contribution is -0.148. The maximum atomic E-state index is 14.5. The third-order valence-electron chi connectivity index (χ3n) is 10.5. The van der Waals surface area contributed by atoms with E-state index in [1.807, 2.05) is 42.7 Å². The van der Waals surface area contributed by atoms with Crippen LogP contribution in [0.4, 0.5) is 4.79 Å². The molecule has 13 nitrogen and oxygen atoms in total. The second-order valence-corrected chi connectivity index (χ2v) is 15.0. The maximum absolute atomic E-state index is 14.5. The van der Waals surface area contributed by atoms with Gasteiger partial charge >= 0.3 is 12.1 Å². The topological polar surface area (TPSA) is 162 Å². The molecule has 1 saturated heterocycles. The molecule has 3 aromatic rings. The number of aromatic nitrogens is 3. The lowest BCUT2D eigenvalue weighted by atomic mass is 9.99. The van der Waals surface area contributed by atoms with Crippen molar-refractivity contribution in [3.8, 4) is 17.4 Å². The monoisotopic (exact) mass is 728 g/mol. The molecule has 2 unspecified atom stereocenters. The van der Waals surface area contributed by atoms with Crippen LogP contribution >= 0.6 is 11.3 Å². The summed E-state index contributed by atoms with van der Waals surface area (Å²) in [5.74, 6) is -1.57. The van der Waals surface area contributed by atoms with E-state index in [2.05, 4.69) is 15.3 Å². The number of hydrogen-bond acceptors (Lipinski definition) is 11. The van der Waals surface area contributed by atoms with Crippen molar-refractivity contribution >= 4 is 51.6 Å². The van der Waals surface area contributed by atoms with Gasteiger partial charge in [0.2, 0.25) is 17.7 Å². The Morgan fingerprint density at radius 3 is 2.69 bits per heavy atom. The molecule has 0 bridgehead atoms. The van der Waals surface area contributed by atoms with Gasteiger partial charge in [0.1, 0.15) is 34.2 Å². The Labute approximate surface area is 306 Å². The molecule has 5 heterocycles. The zero-order valence-corrected chi connectivity index (χ0v) is 30.3. The minimum absolute atomic E-state index is 0.0805. The van der Waals surface area contributed by atoms with E-state index in [-0.39, 0.29) is 30.9 Å². The summed E-state index contributed by atoms with van der Waals surface area (Å²) in [5, 5.41) is 4.96. The van der Waals surface area contributed by atoms with Crippen LogP contribution in [-0.2, 0) is 23.9 Å². The highest BCUT2D eigenvalue weighted by Gasteiger charge is 2.62. The standard InChI is InChI=1S/C38H44N6O7S/c1-23-22-52-31-30(23)41-32(28-16-10-11-17-39-28)42-34(31)50-27-18-29-33(45)43-38(36(47)49-2)19-25(38)13-7-5-3-4-6-12-24(35(46)44(29)21-27)20-40-37(48)51-26-14-8-9-15-26/h7,10-11,13,16-17,20,22,24-27,29H,3-6,8-9,12,14-15,18-19,21H2,1-2H3,(H,43,45)/b13-7-,40-20?/t24?,25?,27-,29+,38-/m1/s1. The highest BCUT2D eigenvalue weighted by molar-refractivity contribution is 7.17. The number of aryl methyl sites for hydroxylation is 1. The molecule has 3 amide bonds. The second kappa shape index (κ2) is 15.5. The Hall–Kier alpha value is -4.72. The number of carbonyl (C=O) groups is 4. The first-order chi connectivity index (χ1) is 25.3. The number of aliphatic imine (C=N–C) groups is 1. The van der Waals surface area contributed by atoms with Crippen LogP contribution in [0.1, 0.15) is 76.2 Å². The first-order valence-corrected chi connectivity index (χ1v) is 19.1. The molecular formula is C38H44N6O7S. The molecule has 3 fully saturated rings. The van der Waals surface area contributed by atoms with E-state index in [1.54, 1.807) is 6.20 Å². The zero-order valence-electron chi connectivity index (χ0n) is 29.5. The predicted octanol–water partition coefficient (Wildman–Crippen LogP) is 5.74. The van der Waals surface area contributed by atoms with Crippen LogP contribution in [0.15, 0.2) is 46.9 Å². The van der Waals surface area contributed by atoms with E-state index >= 15 is 0 Å². The fourth-order valence-electron chi connectivity index (χ4n) is 7.53. The SMILES string of the molecule is COC(=O)[C@@]12CC1/C=C\CCCCCC(C=NC(=O)OC1CCCC1)C(=O)N1C[C@H](Oc3nc(-c4ccccn4)nc4c(C)csc34)C[C@H]1C(=O)N2. The van der Waals surface area contributed by atoms with Crippen molar-refractivity contribution in [2.24, 2.45) is 16.8 Å². The number of allylic oxidation sites excluding steroid dienone is 1. The van der Waals surface area contributed by atoms with Crippen molar-refractivity contribution in [2.75, 3.05) is 13.7 Å². The fraction of sp³-hybridized carbons (Fsp3) is 0.526. The van der Waals surface area contributed by atoms with Gasteiger partial charge in [-0.1, -0.05) is 31.1 Å². The number of ether oxygens (including phenoxy) is 3. The number of thiophene rings is 1. The minimum atomic E-state index is -1.20. The lowest BCUT2D eigenvalue weighted by Gasteiger charge is -2.28. The van der Waals surface area contributed by atoms with Gasteiger partial charge in [-0.25, -0.2) is 14.6 Å². The van der Waals surface area contributed by atoms with Crippen LogP contribution in [0, 0.1) is 18.8 Å². The molecule has 2 aliphatic heterocycles. The van der Waals surface area contributed by atoms with Crippen molar-refractivity contribution in [1.82, 2.24) is 25.2 Å². The Bertz CT molecular complexity index is 1880. The normalized spacial score (nSPS) is 27.7. The van der Waals surface area contributed by atoms with Gasteiger partial charge in [-0.05, 0) is 81.4 Å². The number of rotatable bonds is 6. The van der Waals surface area contributed by atoms with Crippen LogP contribution < -0.4 is 10.1 Å². The summed E-state index contributed by atoms with van der Waals surface area (Å²) in [7, 11) is 1.31. The van der Waals surface area contributed by atoms with E-state index in [0.29, 0.717) is 30.2 Å². The summed E-state index contributed by atoms with van der Waals surface area (Å²) in [6, 6.07) is 4.54. The smallest absolute Gasteiger partial charge is 0.433 e. The number of nitrogens with one attached hydrogen (secondary N) is 1. The Morgan fingerprint density at radius 2 is 1.90 bits per heavy atom. The van der Waals surface area contributed by atoms with Crippen LogP contribution in [-0.4, -0.2) is 87.4 Å². The largest absolute Gasteiger partial charge is 0.471 e. The van der Waals surface area contributed by atoms with Gasteiger partial charge in [-0.15, -0.1) is 11.3 Å². The number of amides is 3. The molecule has 0 spiro atoms. The first kappa shape index (κ1) is 35.7. The lowest BCUT2D eigenvalue weighted by Crippen LogP contribution is -2.54. The number of fused-ring (bicyclic) bond motifs is 3. The highest BCUT2D eigenvalue weighted by atomic mass is 32.1. The zero-order chi connectivity index (χ0) is 36.2. The van der Waals surface area contributed by atoms with Crippen molar-refractivity contribution < 1.29 is 33.4 Å². The molecule has 0 aromatic carbocycles. The van der Waals surface area contributed by atoms with Gasteiger partial charge in [0.05, 0.1) is 25.1 Å². The van der Waals surface area contributed by atoms with E-state index in [9.17, 15) is 19.2 Å². The summed E-state index contributed by atoms with van der Waals surface area (Å²) in [4.78, 5) is 74.0. The molecular weight excluding hydrogens is 685 g/mol. The van der Waals surface area contributed by atoms with Gasteiger partial charge in [0, 0.05) is 24.8 Å². The van der Waals surface area contributed by atoms with E-state index in [0.717, 1.165) is 67.1 Å². The average Bonchev–Trinajstić information content (AvgIpc) is 3.53. The predicted molar refractivity (Wildman–Crippen MR) is 194 cm³/mol. The van der Waals surface area contributed by atoms with E-state index in [1.165, 1.54) is 29.6 Å². The quantitative estimate of drug-likeness (QED) is 0.188. The summed E-state index contributed by atoms with van der Waals surface area (Å²) < 4.78 is 18.0. The maximum Gasteiger partial charge on any atom is 0.433 e.